The first-order chi connectivity index (χ1) is 4.67. The molecule has 0 saturated heterocycles. The number of nitrogens with two attached hydrogens (primary N) is 1. The highest BCUT2D eigenvalue weighted by Crippen LogP contribution is 2.33. The van der Waals surface area contributed by atoms with Crippen molar-refractivity contribution in [3.63, 3.8) is 0 Å². The summed E-state index contributed by atoms with van der Waals surface area (Å²) in [7, 11) is 0. The first-order valence-corrected chi connectivity index (χ1v) is 4.09. The monoisotopic (exact) mass is 179 g/mol. The third kappa shape index (κ3) is 2.62. The fraction of sp³-hybridized carbons (Fsp3) is 1.00. The Hall–Kier alpha value is 0.210. The summed E-state index contributed by atoms with van der Waals surface area (Å²) >= 11 is 0. The zero-order chi connectivity index (χ0) is 7.61. The maximum atomic E-state index is 9.70. The van der Waals surface area contributed by atoms with Gasteiger partial charge in [0, 0.05) is 6.54 Å². The molecule has 0 aromatic rings. The summed E-state index contributed by atoms with van der Waals surface area (Å²) in [5.41, 5.74) is 4.84. The van der Waals surface area contributed by atoms with Gasteiger partial charge in [0.25, 0.3) is 0 Å². The Labute approximate surface area is 74.6 Å². The van der Waals surface area contributed by atoms with Crippen LogP contribution in [0.3, 0.4) is 0 Å². The van der Waals surface area contributed by atoms with Crippen LogP contribution in [0.1, 0.15) is 32.6 Å². The van der Waals surface area contributed by atoms with Gasteiger partial charge in [-0.25, -0.2) is 0 Å². The minimum atomic E-state index is -0.601. The summed E-state index contributed by atoms with van der Waals surface area (Å²) in [6.45, 7) is 2.25. The molecule has 0 amide bonds. The van der Waals surface area contributed by atoms with Gasteiger partial charge in [0.15, 0.2) is 0 Å². The third-order valence-corrected chi connectivity index (χ3v) is 2.65. The molecular weight excluding hydrogens is 162 g/mol. The van der Waals surface area contributed by atoms with E-state index in [0.29, 0.717) is 12.5 Å². The fourth-order valence-electron chi connectivity index (χ4n) is 1.71. The second kappa shape index (κ2) is 4.29. The summed E-state index contributed by atoms with van der Waals surface area (Å²) in [5.74, 6) is 0.456. The molecular formula is C8H18ClNO. The first kappa shape index (κ1) is 11.2. The highest BCUT2D eigenvalue weighted by molar-refractivity contribution is 5.85. The van der Waals surface area contributed by atoms with Crippen molar-refractivity contribution < 1.29 is 5.11 Å². The van der Waals surface area contributed by atoms with Gasteiger partial charge in [0.05, 0.1) is 5.60 Å². The van der Waals surface area contributed by atoms with Gasteiger partial charge >= 0.3 is 0 Å². The summed E-state index contributed by atoms with van der Waals surface area (Å²) in [5, 5.41) is 9.70. The quantitative estimate of drug-likeness (QED) is 0.672. The lowest BCUT2D eigenvalue weighted by Crippen LogP contribution is -2.40. The molecule has 1 fully saturated rings. The van der Waals surface area contributed by atoms with Crippen molar-refractivity contribution in [3.05, 3.63) is 0 Å². The SMILES string of the molecule is CC(O)(CN)C1CCCC1.Cl. The minimum absolute atomic E-state index is 0. The van der Waals surface area contributed by atoms with Crippen molar-refractivity contribution in [1.29, 1.82) is 0 Å². The standard InChI is InChI=1S/C8H17NO.ClH/c1-8(10,6-9)7-4-2-3-5-7;/h7,10H,2-6,9H2,1H3;1H. The number of aliphatic hydroxyl groups is 1. The topological polar surface area (TPSA) is 46.2 Å². The van der Waals surface area contributed by atoms with E-state index in [4.69, 9.17) is 5.73 Å². The van der Waals surface area contributed by atoms with Gasteiger partial charge in [-0.2, -0.15) is 0 Å². The van der Waals surface area contributed by atoms with Crippen LogP contribution >= 0.6 is 12.4 Å². The van der Waals surface area contributed by atoms with Crippen LogP contribution in [0.25, 0.3) is 0 Å². The van der Waals surface area contributed by atoms with E-state index in [0.717, 1.165) is 12.8 Å². The van der Waals surface area contributed by atoms with Gasteiger partial charge in [-0.05, 0) is 25.7 Å². The summed E-state index contributed by atoms with van der Waals surface area (Å²) < 4.78 is 0. The van der Waals surface area contributed by atoms with Crippen LogP contribution in [0.15, 0.2) is 0 Å². The smallest absolute Gasteiger partial charge is 0.0769 e. The fourth-order valence-corrected chi connectivity index (χ4v) is 1.71. The molecule has 0 bridgehead atoms. The third-order valence-electron chi connectivity index (χ3n) is 2.65. The van der Waals surface area contributed by atoms with Gasteiger partial charge in [0.2, 0.25) is 0 Å². The molecule has 0 radical (unpaired) electrons. The Morgan fingerprint density at radius 3 is 2.27 bits per heavy atom. The Bertz CT molecular complexity index is 111. The maximum absolute atomic E-state index is 9.70. The largest absolute Gasteiger partial charge is 0.389 e. The highest BCUT2D eigenvalue weighted by Gasteiger charge is 2.32. The van der Waals surface area contributed by atoms with Gasteiger partial charge in [-0.1, -0.05) is 12.8 Å². The molecule has 0 heterocycles. The molecule has 2 nitrogen and oxygen atoms in total. The second-order valence-corrected chi connectivity index (χ2v) is 3.54. The lowest BCUT2D eigenvalue weighted by Gasteiger charge is -2.28. The average molecular weight is 180 g/mol. The van der Waals surface area contributed by atoms with Crippen molar-refractivity contribution >= 4 is 12.4 Å². The Kier molecular flexibility index (Phi) is 4.37. The lowest BCUT2D eigenvalue weighted by atomic mass is 9.88. The molecule has 1 aliphatic rings. The molecule has 1 rings (SSSR count). The highest BCUT2D eigenvalue weighted by atomic mass is 35.5. The lowest BCUT2D eigenvalue weighted by molar-refractivity contribution is 0.0103. The van der Waals surface area contributed by atoms with Crippen LogP contribution in [-0.4, -0.2) is 17.3 Å². The Morgan fingerprint density at radius 2 is 1.91 bits per heavy atom. The van der Waals surface area contributed by atoms with E-state index in [1.807, 2.05) is 6.92 Å². The van der Waals surface area contributed by atoms with Gasteiger partial charge in [0.1, 0.15) is 0 Å². The zero-order valence-electron chi connectivity index (χ0n) is 7.05. The van der Waals surface area contributed by atoms with Crippen LogP contribution in [-0.2, 0) is 0 Å². The molecule has 0 spiro atoms. The van der Waals surface area contributed by atoms with Crippen LogP contribution in [0.2, 0.25) is 0 Å². The molecule has 1 saturated carbocycles. The molecule has 0 aromatic heterocycles. The molecule has 1 unspecified atom stereocenters. The minimum Gasteiger partial charge on any atom is -0.389 e. The number of rotatable bonds is 2. The zero-order valence-corrected chi connectivity index (χ0v) is 7.86. The molecule has 3 heteroatoms. The number of halogens is 1. The normalized spacial score (nSPS) is 24.3. The van der Waals surface area contributed by atoms with Crippen molar-refractivity contribution in [2.75, 3.05) is 6.54 Å². The number of hydrogen-bond acceptors (Lipinski definition) is 2. The van der Waals surface area contributed by atoms with Crippen molar-refractivity contribution in [1.82, 2.24) is 0 Å². The van der Waals surface area contributed by atoms with E-state index < -0.39 is 5.60 Å². The predicted octanol–water partition coefficient (Wildman–Crippen LogP) is 1.31. The Balaban J connectivity index is 0.000001000. The van der Waals surface area contributed by atoms with E-state index in [-0.39, 0.29) is 12.4 Å². The molecule has 1 aliphatic carbocycles. The van der Waals surface area contributed by atoms with Crippen LogP contribution in [0.4, 0.5) is 0 Å². The van der Waals surface area contributed by atoms with E-state index >= 15 is 0 Å². The van der Waals surface area contributed by atoms with E-state index in [1.165, 1.54) is 12.8 Å². The first-order valence-electron chi connectivity index (χ1n) is 4.09. The summed E-state index contributed by atoms with van der Waals surface area (Å²) in [6, 6.07) is 0. The van der Waals surface area contributed by atoms with Crippen molar-refractivity contribution in [2.45, 2.75) is 38.2 Å². The van der Waals surface area contributed by atoms with Gasteiger partial charge in [-0.15, -0.1) is 12.4 Å². The molecule has 0 aromatic carbocycles. The predicted molar refractivity (Wildman–Crippen MR) is 48.9 cm³/mol. The molecule has 3 N–H and O–H groups in total. The van der Waals surface area contributed by atoms with Crippen molar-refractivity contribution in [2.24, 2.45) is 11.7 Å². The van der Waals surface area contributed by atoms with Crippen LogP contribution in [0, 0.1) is 5.92 Å². The summed E-state index contributed by atoms with van der Waals surface area (Å²) in [4.78, 5) is 0. The second-order valence-electron chi connectivity index (χ2n) is 3.54. The molecule has 11 heavy (non-hydrogen) atoms. The van der Waals surface area contributed by atoms with Crippen LogP contribution < -0.4 is 5.73 Å². The van der Waals surface area contributed by atoms with Gasteiger partial charge < -0.3 is 10.8 Å². The average Bonchev–Trinajstić information content (AvgIpc) is 2.38. The Morgan fingerprint density at radius 1 is 1.45 bits per heavy atom. The van der Waals surface area contributed by atoms with Crippen molar-refractivity contribution in [3.8, 4) is 0 Å². The van der Waals surface area contributed by atoms with E-state index in [1.54, 1.807) is 0 Å². The van der Waals surface area contributed by atoms with E-state index in [2.05, 4.69) is 0 Å². The van der Waals surface area contributed by atoms with E-state index in [9.17, 15) is 5.11 Å². The van der Waals surface area contributed by atoms with Crippen LogP contribution in [0.5, 0.6) is 0 Å². The number of hydrogen-bond donors (Lipinski definition) is 2. The molecule has 68 valence electrons. The van der Waals surface area contributed by atoms with Gasteiger partial charge in [-0.3, -0.25) is 0 Å². The maximum Gasteiger partial charge on any atom is 0.0769 e. The molecule has 1 atom stereocenters. The molecule has 0 aliphatic heterocycles. The summed E-state index contributed by atoms with van der Waals surface area (Å²) in [6.07, 6.45) is 4.84.